The van der Waals surface area contributed by atoms with E-state index in [1.54, 1.807) is 0 Å². The van der Waals surface area contributed by atoms with Crippen molar-refractivity contribution in [2.75, 3.05) is 4.90 Å². The molecule has 2 aliphatic carbocycles. The molecule has 342 valence electrons. The molecule has 9 rings (SSSR count). The molecule has 0 spiro atoms. The lowest BCUT2D eigenvalue weighted by atomic mass is 9.76. The number of nitrogens with zero attached hydrogens (tertiary/aromatic N) is 1. The monoisotopic (exact) mass is 872 g/mol. The van der Waals surface area contributed by atoms with Crippen LogP contribution in [-0.4, -0.2) is 0 Å². The molecule has 2 saturated carbocycles. The van der Waals surface area contributed by atoms with Crippen LogP contribution in [0.4, 0.5) is 17.1 Å². The zero-order valence-electron chi connectivity index (χ0n) is 42.1. The van der Waals surface area contributed by atoms with Gasteiger partial charge in [-0.1, -0.05) is 211 Å². The fourth-order valence-corrected chi connectivity index (χ4v) is 11.5. The molecule has 1 heteroatoms. The molecule has 1 unspecified atom stereocenters. The third kappa shape index (κ3) is 9.39. The molecule has 0 aliphatic heterocycles. The summed E-state index contributed by atoms with van der Waals surface area (Å²) in [5, 5.41) is 5.44. The van der Waals surface area contributed by atoms with E-state index in [-0.39, 0.29) is 16.7 Å². The van der Waals surface area contributed by atoms with Crippen molar-refractivity contribution in [2.45, 2.75) is 174 Å². The summed E-state index contributed by atoms with van der Waals surface area (Å²) in [6, 6.07) is 53.9. The summed E-state index contributed by atoms with van der Waals surface area (Å²) in [6.07, 6.45) is 13.1. The van der Waals surface area contributed by atoms with E-state index < -0.39 is 0 Å². The molecule has 2 aliphatic rings. The minimum absolute atomic E-state index is 0.0336. The highest BCUT2D eigenvalue weighted by Crippen LogP contribution is 2.52. The Morgan fingerprint density at radius 1 is 0.394 bits per heavy atom. The van der Waals surface area contributed by atoms with Crippen LogP contribution in [0.3, 0.4) is 0 Å². The zero-order chi connectivity index (χ0) is 46.3. The van der Waals surface area contributed by atoms with Gasteiger partial charge in [-0.3, -0.25) is 0 Å². The first-order chi connectivity index (χ1) is 31.7. The molecule has 0 aromatic heterocycles. The largest absolute Gasteiger partial charge is 0.309 e. The SMILES string of the molecule is CC(C)c1ccc(C(c2ccc(C(C)(C)C)cc2)c2c3cc(C4CCCCC4)ccc3c(N(c3ccc(C(C)C)cc3)c3ccc(C(C)(C)C)cc3)c3cc(C4CCCCC4)ccc23)cc1. The average Bonchev–Trinajstić information content (AvgIpc) is 3.32. The molecule has 0 N–H and O–H groups in total. The second-order valence-electron chi connectivity index (χ2n) is 23.0. The third-order valence-electron chi connectivity index (χ3n) is 15.7. The van der Waals surface area contributed by atoms with E-state index in [1.807, 2.05) is 0 Å². The molecule has 0 amide bonds. The highest BCUT2D eigenvalue weighted by atomic mass is 15.1. The second-order valence-corrected chi connectivity index (χ2v) is 23.0. The number of anilines is 3. The summed E-state index contributed by atoms with van der Waals surface area (Å²) in [4.78, 5) is 2.63. The maximum Gasteiger partial charge on any atom is 0.0618 e. The maximum absolute atomic E-state index is 2.67. The van der Waals surface area contributed by atoms with Crippen LogP contribution in [0, 0.1) is 0 Å². The van der Waals surface area contributed by atoms with E-state index in [4.69, 9.17) is 0 Å². The Labute approximate surface area is 399 Å². The molecule has 0 radical (unpaired) electrons. The van der Waals surface area contributed by atoms with Gasteiger partial charge in [0.2, 0.25) is 0 Å². The minimum Gasteiger partial charge on any atom is -0.309 e. The summed E-state index contributed by atoms with van der Waals surface area (Å²) in [5.74, 6) is 2.13. The van der Waals surface area contributed by atoms with Gasteiger partial charge in [0.25, 0.3) is 0 Å². The van der Waals surface area contributed by atoms with Crippen LogP contribution < -0.4 is 4.90 Å². The van der Waals surface area contributed by atoms with E-state index in [9.17, 15) is 0 Å². The second kappa shape index (κ2) is 18.9. The van der Waals surface area contributed by atoms with Gasteiger partial charge in [0.15, 0.2) is 0 Å². The number of hydrogen-bond donors (Lipinski definition) is 0. The number of fused-ring (bicyclic) bond motifs is 2. The fourth-order valence-electron chi connectivity index (χ4n) is 11.5. The Kier molecular flexibility index (Phi) is 13.1. The van der Waals surface area contributed by atoms with E-state index in [0.29, 0.717) is 23.7 Å². The molecule has 66 heavy (non-hydrogen) atoms. The van der Waals surface area contributed by atoms with Gasteiger partial charge in [-0.05, 0) is 151 Å². The Balaban J connectivity index is 1.42. The van der Waals surface area contributed by atoms with E-state index in [0.717, 1.165) is 0 Å². The quantitative estimate of drug-likeness (QED) is 0.0978. The van der Waals surface area contributed by atoms with Gasteiger partial charge in [0, 0.05) is 28.1 Å². The van der Waals surface area contributed by atoms with Gasteiger partial charge >= 0.3 is 0 Å². The predicted octanol–water partition coefficient (Wildman–Crippen LogP) is 19.6. The highest BCUT2D eigenvalue weighted by Gasteiger charge is 2.30. The van der Waals surface area contributed by atoms with Gasteiger partial charge in [-0.2, -0.15) is 0 Å². The van der Waals surface area contributed by atoms with Crippen molar-refractivity contribution < 1.29 is 0 Å². The molecule has 0 saturated heterocycles. The Morgan fingerprint density at radius 3 is 1.23 bits per heavy atom. The van der Waals surface area contributed by atoms with Crippen LogP contribution in [0.15, 0.2) is 133 Å². The summed E-state index contributed by atoms with van der Waals surface area (Å²) in [5.41, 5.74) is 16.5. The fraction of sp³-hybridized carbons (Fsp3) is 0.415. The third-order valence-corrected chi connectivity index (χ3v) is 15.7. The molecular weight excluding hydrogens is 795 g/mol. The number of rotatable bonds is 10. The lowest BCUT2D eigenvalue weighted by Gasteiger charge is -2.33. The van der Waals surface area contributed by atoms with Crippen molar-refractivity contribution in [3.8, 4) is 0 Å². The van der Waals surface area contributed by atoms with Crippen LogP contribution in [0.2, 0.25) is 0 Å². The van der Waals surface area contributed by atoms with E-state index in [1.165, 1.54) is 153 Å². The lowest BCUT2D eigenvalue weighted by Crippen LogP contribution is -2.15. The maximum atomic E-state index is 2.67. The van der Waals surface area contributed by atoms with Gasteiger partial charge in [-0.25, -0.2) is 0 Å². The van der Waals surface area contributed by atoms with Crippen LogP contribution in [0.5, 0.6) is 0 Å². The number of benzene rings is 7. The molecule has 1 nitrogen and oxygen atoms in total. The first-order valence-electron chi connectivity index (χ1n) is 25.9. The van der Waals surface area contributed by atoms with Gasteiger partial charge < -0.3 is 4.90 Å². The van der Waals surface area contributed by atoms with Crippen molar-refractivity contribution in [1.29, 1.82) is 0 Å². The van der Waals surface area contributed by atoms with Crippen molar-refractivity contribution in [2.24, 2.45) is 0 Å². The van der Waals surface area contributed by atoms with Crippen LogP contribution in [0.25, 0.3) is 21.5 Å². The van der Waals surface area contributed by atoms with Crippen LogP contribution in [0.1, 0.15) is 213 Å². The van der Waals surface area contributed by atoms with Crippen molar-refractivity contribution in [1.82, 2.24) is 0 Å². The summed E-state index contributed by atoms with van der Waals surface area (Å²) in [6.45, 7) is 23.2. The first kappa shape index (κ1) is 46.0. The Morgan fingerprint density at radius 2 is 0.773 bits per heavy atom. The average molecular weight is 872 g/mol. The summed E-state index contributed by atoms with van der Waals surface area (Å²) < 4.78 is 0. The standard InChI is InChI=1S/C65H77N/c1-43(2)45-21-23-49(24-22-45)61(50-25-31-53(32-26-50)64(5,6)7)62-57-39-29-52(48-19-15-12-16-20-48)42-60(57)63(58-40-30-51(41-59(58)62)47-17-13-11-14-18-47)66(55-35-27-46(28-36-55)44(3)4)56-37-33-54(34-38-56)65(8,9)10/h21-44,47-48,61H,11-20H2,1-10H3. The highest BCUT2D eigenvalue weighted by molar-refractivity contribution is 6.17. The van der Waals surface area contributed by atoms with Crippen LogP contribution in [-0.2, 0) is 10.8 Å². The number of hydrogen-bond acceptors (Lipinski definition) is 1. The van der Waals surface area contributed by atoms with E-state index >= 15 is 0 Å². The Bertz CT molecular complexity index is 2550. The Hall–Kier alpha value is -5.14. The summed E-state index contributed by atoms with van der Waals surface area (Å²) in [7, 11) is 0. The molecule has 7 aromatic carbocycles. The van der Waals surface area contributed by atoms with Crippen molar-refractivity contribution in [3.05, 3.63) is 184 Å². The van der Waals surface area contributed by atoms with Crippen molar-refractivity contribution >= 4 is 38.6 Å². The minimum atomic E-state index is 0.0336. The molecule has 2 fully saturated rings. The first-order valence-corrected chi connectivity index (χ1v) is 25.9. The normalized spacial score (nSPS) is 16.1. The predicted molar refractivity (Wildman–Crippen MR) is 287 cm³/mol. The van der Waals surface area contributed by atoms with Gasteiger partial charge in [0.05, 0.1) is 5.69 Å². The lowest BCUT2D eigenvalue weighted by molar-refractivity contribution is 0.444. The molecule has 0 heterocycles. The van der Waals surface area contributed by atoms with Gasteiger partial charge in [0.1, 0.15) is 0 Å². The smallest absolute Gasteiger partial charge is 0.0618 e. The molecule has 7 aromatic rings. The topological polar surface area (TPSA) is 3.24 Å². The zero-order valence-corrected chi connectivity index (χ0v) is 42.1. The molecular formula is C65H77N. The molecule has 0 bridgehead atoms. The van der Waals surface area contributed by atoms with Gasteiger partial charge in [-0.15, -0.1) is 0 Å². The van der Waals surface area contributed by atoms with Crippen molar-refractivity contribution in [3.63, 3.8) is 0 Å². The van der Waals surface area contributed by atoms with E-state index in [2.05, 4.69) is 208 Å². The van der Waals surface area contributed by atoms with Crippen LogP contribution >= 0.6 is 0 Å². The molecule has 1 atom stereocenters. The summed E-state index contributed by atoms with van der Waals surface area (Å²) >= 11 is 0.